The number of benzene rings is 1. The lowest BCUT2D eigenvalue weighted by atomic mass is 9.88. The van der Waals surface area contributed by atoms with Crippen LogP contribution in [0.2, 0.25) is 0 Å². The minimum Gasteiger partial charge on any atom is -0.478 e. The summed E-state index contributed by atoms with van der Waals surface area (Å²) >= 11 is 5.98. The van der Waals surface area contributed by atoms with Gasteiger partial charge in [-0.1, -0.05) is 49.2 Å². The van der Waals surface area contributed by atoms with E-state index >= 15 is 0 Å². The lowest BCUT2D eigenvalue weighted by Crippen LogP contribution is -2.19. The molecular formula is C16H13ClO4. The van der Waals surface area contributed by atoms with Crippen LogP contribution < -0.4 is 0 Å². The number of halogens is 1. The van der Waals surface area contributed by atoms with E-state index in [-0.39, 0.29) is 27.3 Å². The van der Waals surface area contributed by atoms with Crippen molar-refractivity contribution in [2.45, 2.75) is 19.8 Å². The smallest absolute Gasteiger partial charge is 0.331 e. The van der Waals surface area contributed by atoms with Gasteiger partial charge in [0.1, 0.15) is 0 Å². The summed E-state index contributed by atoms with van der Waals surface area (Å²) in [5, 5.41) is 8.91. The summed E-state index contributed by atoms with van der Waals surface area (Å²) < 4.78 is 0. The van der Waals surface area contributed by atoms with Gasteiger partial charge < -0.3 is 5.11 Å². The number of carbonyl (C=O) groups is 3. The lowest BCUT2D eigenvalue weighted by Gasteiger charge is -2.16. The molecule has 0 bridgehead atoms. The van der Waals surface area contributed by atoms with Crippen molar-refractivity contribution >= 4 is 29.1 Å². The van der Waals surface area contributed by atoms with E-state index in [0.717, 1.165) is 0 Å². The molecule has 0 atom stereocenters. The highest BCUT2D eigenvalue weighted by Gasteiger charge is 2.30. The van der Waals surface area contributed by atoms with Crippen LogP contribution >= 0.6 is 11.6 Å². The average Bonchev–Trinajstić information content (AvgIpc) is 2.48. The topological polar surface area (TPSA) is 71.4 Å². The molecule has 0 heterocycles. The second-order valence-corrected chi connectivity index (χ2v) is 5.03. The van der Waals surface area contributed by atoms with Gasteiger partial charge in [-0.25, -0.2) is 4.79 Å². The quantitative estimate of drug-likeness (QED) is 0.866. The minimum absolute atomic E-state index is 0.0498. The Labute approximate surface area is 126 Å². The van der Waals surface area contributed by atoms with Crippen LogP contribution in [0, 0.1) is 0 Å². The monoisotopic (exact) mass is 304 g/mol. The van der Waals surface area contributed by atoms with Gasteiger partial charge in [0.15, 0.2) is 5.78 Å². The van der Waals surface area contributed by atoms with E-state index in [1.807, 2.05) is 6.92 Å². The first-order chi connectivity index (χ1) is 9.97. The van der Waals surface area contributed by atoms with Gasteiger partial charge in [-0.15, -0.1) is 0 Å². The third-order valence-electron chi connectivity index (χ3n) is 3.21. The lowest BCUT2D eigenvalue weighted by molar-refractivity contribution is -0.132. The van der Waals surface area contributed by atoms with Gasteiger partial charge in [-0.05, 0) is 12.5 Å². The summed E-state index contributed by atoms with van der Waals surface area (Å²) in [5.41, 5.74) is 0.508. The van der Waals surface area contributed by atoms with Crippen LogP contribution in [-0.4, -0.2) is 22.6 Å². The molecule has 0 saturated carbocycles. The van der Waals surface area contributed by atoms with Gasteiger partial charge >= 0.3 is 5.97 Å². The zero-order valence-electron chi connectivity index (χ0n) is 11.4. The zero-order chi connectivity index (χ0) is 15.6. The van der Waals surface area contributed by atoms with E-state index in [4.69, 9.17) is 16.7 Å². The Morgan fingerprint density at radius 3 is 2.29 bits per heavy atom. The Bertz CT molecular complexity index is 698. The molecule has 0 spiro atoms. The van der Waals surface area contributed by atoms with E-state index in [0.29, 0.717) is 12.8 Å². The number of hydrogen-bond acceptors (Lipinski definition) is 3. The van der Waals surface area contributed by atoms with Gasteiger partial charge in [-0.3, -0.25) is 9.59 Å². The van der Waals surface area contributed by atoms with Gasteiger partial charge in [0.05, 0.1) is 5.03 Å². The maximum Gasteiger partial charge on any atom is 0.331 e. The van der Waals surface area contributed by atoms with Crippen molar-refractivity contribution in [3.8, 4) is 0 Å². The van der Waals surface area contributed by atoms with Crippen molar-refractivity contribution in [1.82, 2.24) is 0 Å². The number of carboxylic acids is 1. The van der Waals surface area contributed by atoms with Crippen LogP contribution in [0.5, 0.6) is 0 Å². The summed E-state index contributed by atoms with van der Waals surface area (Å²) in [5.74, 6) is -2.00. The predicted molar refractivity (Wildman–Crippen MR) is 78.6 cm³/mol. The first-order valence-corrected chi connectivity index (χ1v) is 6.87. The molecule has 0 aliphatic heterocycles. The van der Waals surface area contributed by atoms with E-state index in [9.17, 15) is 14.4 Å². The molecule has 0 amide bonds. The first kappa shape index (κ1) is 15.2. The SMILES string of the molecule is CCCC(=CC1=C(Cl)C(=O)c2ccccc2C1=O)C(=O)O. The molecule has 0 aromatic heterocycles. The summed E-state index contributed by atoms with van der Waals surface area (Å²) in [7, 11) is 0. The van der Waals surface area contributed by atoms with Crippen molar-refractivity contribution in [3.63, 3.8) is 0 Å². The van der Waals surface area contributed by atoms with E-state index < -0.39 is 17.5 Å². The van der Waals surface area contributed by atoms with E-state index in [1.165, 1.54) is 18.2 Å². The van der Waals surface area contributed by atoms with Crippen molar-refractivity contribution in [1.29, 1.82) is 0 Å². The summed E-state index contributed by atoms with van der Waals surface area (Å²) in [6.45, 7) is 1.83. The van der Waals surface area contributed by atoms with Gasteiger partial charge in [-0.2, -0.15) is 0 Å². The second-order valence-electron chi connectivity index (χ2n) is 4.66. The fraction of sp³-hybridized carbons (Fsp3) is 0.188. The number of carboxylic acid groups (broad SMARTS) is 1. The van der Waals surface area contributed by atoms with Crippen molar-refractivity contribution in [2.24, 2.45) is 0 Å². The number of ketones is 2. The van der Waals surface area contributed by atoms with Crippen LogP contribution in [0.25, 0.3) is 0 Å². The highest BCUT2D eigenvalue weighted by atomic mass is 35.5. The fourth-order valence-corrected chi connectivity index (χ4v) is 2.42. The number of fused-ring (bicyclic) bond motifs is 1. The second kappa shape index (κ2) is 6.06. The molecule has 1 aliphatic carbocycles. The Morgan fingerprint density at radius 2 is 1.76 bits per heavy atom. The van der Waals surface area contributed by atoms with Crippen LogP contribution in [0.4, 0.5) is 0 Å². The minimum atomic E-state index is -1.12. The average molecular weight is 305 g/mol. The van der Waals surface area contributed by atoms with Crippen molar-refractivity contribution in [2.75, 3.05) is 0 Å². The maximum absolute atomic E-state index is 12.4. The van der Waals surface area contributed by atoms with Crippen LogP contribution in [0.15, 0.2) is 46.5 Å². The third kappa shape index (κ3) is 2.81. The summed E-state index contributed by atoms with van der Waals surface area (Å²) in [4.78, 5) is 35.7. The molecule has 1 aliphatic rings. The molecular weight excluding hydrogens is 292 g/mol. The summed E-state index contributed by atoms with van der Waals surface area (Å²) in [6.07, 6.45) is 2.12. The molecule has 1 N–H and O–H groups in total. The number of aliphatic carboxylic acids is 1. The maximum atomic E-state index is 12.4. The highest BCUT2D eigenvalue weighted by Crippen LogP contribution is 2.30. The van der Waals surface area contributed by atoms with Crippen LogP contribution in [0.1, 0.15) is 40.5 Å². The Morgan fingerprint density at radius 1 is 1.19 bits per heavy atom. The normalized spacial score (nSPS) is 15.2. The largest absolute Gasteiger partial charge is 0.478 e. The molecule has 21 heavy (non-hydrogen) atoms. The standard InChI is InChI=1S/C16H13ClO4/c1-2-5-9(16(20)21)8-12-13(17)15(19)11-7-4-3-6-10(11)14(12)18/h3-4,6-8H,2,5H2,1H3,(H,20,21). The van der Waals surface area contributed by atoms with E-state index in [2.05, 4.69) is 0 Å². The predicted octanol–water partition coefficient (Wildman–Crippen LogP) is 3.37. The van der Waals surface area contributed by atoms with Crippen molar-refractivity contribution in [3.05, 3.63) is 57.6 Å². The molecule has 108 valence electrons. The first-order valence-electron chi connectivity index (χ1n) is 6.49. The van der Waals surface area contributed by atoms with E-state index in [1.54, 1.807) is 12.1 Å². The number of Topliss-reactive ketones (excluding diaryl/α,β-unsaturated/α-hetero) is 2. The Kier molecular flexibility index (Phi) is 4.38. The van der Waals surface area contributed by atoms with Gasteiger partial charge in [0.25, 0.3) is 0 Å². The zero-order valence-corrected chi connectivity index (χ0v) is 12.1. The number of rotatable bonds is 4. The number of allylic oxidation sites excluding steroid dienone is 3. The Balaban J connectivity index is 2.57. The molecule has 1 aromatic rings. The fourth-order valence-electron chi connectivity index (χ4n) is 2.18. The molecule has 0 saturated heterocycles. The molecule has 2 rings (SSSR count). The summed E-state index contributed by atoms with van der Waals surface area (Å²) in [6, 6.07) is 6.36. The highest BCUT2D eigenvalue weighted by molar-refractivity contribution is 6.50. The molecule has 0 fully saturated rings. The molecule has 1 aromatic carbocycles. The molecule has 4 nitrogen and oxygen atoms in total. The molecule has 5 heteroatoms. The Hall–Kier alpha value is -2.20. The number of hydrogen-bond donors (Lipinski definition) is 1. The molecule has 0 radical (unpaired) electrons. The van der Waals surface area contributed by atoms with Crippen molar-refractivity contribution < 1.29 is 19.5 Å². The molecule has 0 unspecified atom stereocenters. The van der Waals surface area contributed by atoms with Gasteiger partial charge in [0, 0.05) is 22.3 Å². The number of carbonyl (C=O) groups excluding carboxylic acids is 2. The third-order valence-corrected chi connectivity index (χ3v) is 3.58. The van der Waals surface area contributed by atoms with Crippen LogP contribution in [0.3, 0.4) is 0 Å². The van der Waals surface area contributed by atoms with Crippen LogP contribution in [-0.2, 0) is 4.79 Å². The van der Waals surface area contributed by atoms with Gasteiger partial charge in [0.2, 0.25) is 5.78 Å².